The molecule has 2 aromatic carbocycles. The molecule has 0 heterocycles. The second-order valence-corrected chi connectivity index (χ2v) is 5.62. The van der Waals surface area contributed by atoms with Gasteiger partial charge in [0.2, 0.25) is 0 Å². The van der Waals surface area contributed by atoms with Gasteiger partial charge in [0.15, 0.2) is 0 Å². The van der Waals surface area contributed by atoms with Gasteiger partial charge >= 0.3 is 0 Å². The van der Waals surface area contributed by atoms with Gasteiger partial charge in [0.25, 0.3) is 0 Å². The van der Waals surface area contributed by atoms with Crippen LogP contribution in [-0.2, 0) is 6.54 Å². The van der Waals surface area contributed by atoms with E-state index in [1.54, 1.807) is 6.21 Å². The summed E-state index contributed by atoms with van der Waals surface area (Å²) in [6.07, 6.45) is 2.67. The van der Waals surface area contributed by atoms with E-state index in [9.17, 15) is 0 Å². The molecule has 1 N–H and O–H groups in total. The molecule has 2 aromatic rings. The number of halogens is 2. The zero-order valence-corrected chi connectivity index (χ0v) is 13.9. The summed E-state index contributed by atoms with van der Waals surface area (Å²) in [5.41, 5.74) is 4.96. The van der Waals surface area contributed by atoms with E-state index >= 15 is 0 Å². The van der Waals surface area contributed by atoms with Crippen molar-refractivity contribution in [3.05, 3.63) is 63.6 Å². The van der Waals surface area contributed by atoms with Crippen molar-refractivity contribution in [1.29, 1.82) is 0 Å². The molecule has 22 heavy (non-hydrogen) atoms. The van der Waals surface area contributed by atoms with Crippen LogP contribution in [0.2, 0.25) is 10.0 Å². The van der Waals surface area contributed by atoms with Crippen molar-refractivity contribution in [3.8, 4) is 5.75 Å². The Kier molecular flexibility index (Phi) is 6.56. The van der Waals surface area contributed by atoms with Gasteiger partial charge in [-0.2, -0.15) is 5.10 Å². The third-order valence-corrected chi connectivity index (χ3v) is 3.41. The third-order valence-electron chi connectivity index (χ3n) is 2.92. The highest BCUT2D eigenvalue weighted by molar-refractivity contribution is 6.31. The molecule has 0 bridgehead atoms. The van der Waals surface area contributed by atoms with Crippen LogP contribution in [0.1, 0.15) is 24.5 Å². The molecule has 2 rings (SSSR count). The molecular formula is C17H18Cl2N2O. The SMILES string of the molecule is CCCOc1ccc(Cl)cc1/C=N\NCc1ccc(Cl)cc1. The first-order valence-corrected chi connectivity index (χ1v) is 7.87. The molecule has 5 heteroatoms. The minimum Gasteiger partial charge on any atom is -0.493 e. The van der Waals surface area contributed by atoms with E-state index in [0.29, 0.717) is 18.2 Å². The maximum absolute atomic E-state index is 6.02. The highest BCUT2D eigenvalue weighted by Crippen LogP contribution is 2.21. The van der Waals surface area contributed by atoms with Crippen LogP contribution in [0.3, 0.4) is 0 Å². The standard InChI is InChI=1S/C17H18Cl2N2O/c1-2-9-22-17-8-7-16(19)10-14(17)12-21-20-11-13-3-5-15(18)6-4-13/h3-8,10,12,20H,2,9,11H2,1H3/b21-12-. The lowest BCUT2D eigenvalue weighted by molar-refractivity contribution is 0.317. The van der Waals surface area contributed by atoms with Crippen molar-refractivity contribution in [2.45, 2.75) is 19.9 Å². The van der Waals surface area contributed by atoms with Gasteiger partial charge in [0.1, 0.15) is 5.75 Å². The number of hydrazone groups is 1. The predicted molar refractivity (Wildman–Crippen MR) is 93.1 cm³/mol. The van der Waals surface area contributed by atoms with E-state index < -0.39 is 0 Å². The molecule has 0 saturated carbocycles. The summed E-state index contributed by atoms with van der Waals surface area (Å²) in [4.78, 5) is 0. The van der Waals surface area contributed by atoms with Gasteiger partial charge in [0.05, 0.1) is 19.4 Å². The lowest BCUT2D eigenvalue weighted by Crippen LogP contribution is -2.06. The number of hydrogen-bond acceptors (Lipinski definition) is 3. The molecule has 0 fully saturated rings. The Hall–Kier alpha value is -1.71. The molecule has 3 nitrogen and oxygen atoms in total. The predicted octanol–water partition coefficient (Wildman–Crippen LogP) is 4.91. The van der Waals surface area contributed by atoms with Gasteiger partial charge in [-0.1, -0.05) is 42.3 Å². The van der Waals surface area contributed by atoms with Crippen LogP contribution in [0, 0.1) is 0 Å². The van der Waals surface area contributed by atoms with Crippen molar-refractivity contribution in [3.63, 3.8) is 0 Å². The van der Waals surface area contributed by atoms with E-state index in [-0.39, 0.29) is 0 Å². The van der Waals surface area contributed by atoms with E-state index in [1.807, 2.05) is 42.5 Å². The fraction of sp³-hybridized carbons (Fsp3) is 0.235. The second-order valence-electron chi connectivity index (χ2n) is 4.75. The molecule has 0 aliphatic carbocycles. The first kappa shape index (κ1) is 16.7. The van der Waals surface area contributed by atoms with Crippen LogP contribution >= 0.6 is 23.2 Å². The molecule has 0 amide bonds. The number of hydrogen-bond donors (Lipinski definition) is 1. The average Bonchev–Trinajstić information content (AvgIpc) is 2.52. The summed E-state index contributed by atoms with van der Waals surface area (Å²) in [5, 5.41) is 5.60. The number of benzene rings is 2. The highest BCUT2D eigenvalue weighted by atomic mass is 35.5. The molecule has 0 aliphatic rings. The highest BCUT2D eigenvalue weighted by Gasteiger charge is 2.02. The topological polar surface area (TPSA) is 33.6 Å². The smallest absolute Gasteiger partial charge is 0.128 e. The van der Waals surface area contributed by atoms with Crippen molar-refractivity contribution < 1.29 is 4.74 Å². The van der Waals surface area contributed by atoms with Crippen LogP contribution in [0.15, 0.2) is 47.6 Å². The summed E-state index contributed by atoms with van der Waals surface area (Å²) in [6.45, 7) is 3.36. The van der Waals surface area contributed by atoms with Crippen molar-refractivity contribution in [1.82, 2.24) is 5.43 Å². The third kappa shape index (κ3) is 5.24. The zero-order chi connectivity index (χ0) is 15.8. The van der Waals surface area contributed by atoms with Gasteiger partial charge in [-0.3, -0.25) is 0 Å². The Morgan fingerprint density at radius 3 is 2.55 bits per heavy atom. The zero-order valence-electron chi connectivity index (χ0n) is 12.4. The first-order valence-electron chi connectivity index (χ1n) is 7.11. The molecule has 0 spiro atoms. The lowest BCUT2D eigenvalue weighted by Gasteiger charge is -2.08. The normalized spacial score (nSPS) is 10.9. The Bertz CT molecular complexity index is 627. The number of nitrogens with zero attached hydrogens (tertiary/aromatic N) is 1. The van der Waals surface area contributed by atoms with Crippen molar-refractivity contribution >= 4 is 29.4 Å². The minimum absolute atomic E-state index is 0.624. The second kappa shape index (κ2) is 8.66. The fourth-order valence-corrected chi connectivity index (χ4v) is 2.12. The summed E-state index contributed by atoms with van der Waals surface area (Å²) in [7, 11) is 0. The van der Waals surface area contributed by atoms with Gasteiger partial charge in [-0.05, 0) is 42.3 Å². The van der Waals surface area contributed by atoms with Crippen LogP contribution in [0.25, 0.3) is 0 Å². The van der Waals surface area contributed by atoms with Crippen LogP contribution in [0.5, 0.6) is 5.75 Å². The quantitative estimate of drug-likeness (QED) is 0.575. The lowest BCUT2D eigenvalue weighted by atomic mass is 10.2. The Morgan fingerprint density at radius 1 is 1.09 bits per heavy atom. The van der Waals surface area contributed by atoms with Gasteiger partial charge in [-0.25, -0.2) is 0 Å². The summed E-state index contributed by atoms with van der Waals surface area (Å²) in [5.74, 6) is 0.781. The van der Waals surface area contributed by atoms with Crippen molar-refractivity contribution in [2.75, 3.05) is 6.61 Å². The molecule has 0 aliphatic heterocycles. The first-order chi connectivity index (χ1) is 10.7. The number of ether oxygens (including phenoxy) is 1. The molecule has 0 unspecified atom stereocenters. The Labute approximate surface area is 140 Å². The van der Waals surface area contributed by atoms with E-state index in [0.717, 1.165) is 28.3 Å². The average molecular weight is 337 g/mol. The molecular weight excluding hydrogens is 319 g/mol. The minimum atomic E-state index is 0.624. The summed E-state index contributed by atoms with van der Waals surface area (Å²) >= 11 is 11.9. The van der Waals surface area contributed by atoms with Gasteiger partial charge in [0, 0.05) is 15.6 Å². The van der Waals surface area contributed by atoms with Crippen LogP contribution < -0.4 is 10.2 Å². The number of nitrogens with one attached hydrogen (secondary N) is 1. The van der Waals surface area contributed by atoms with E-state index in [2.05, 4.69) is 17.5 Å². The maximum atomic E-state index is 6.02. The summed E-state index contributed by atoms with van der Waals surface area (Å²) < 4.78 is 5.68. The Morgan fingerprint density at radius 2 is 1.82 bits per heavy atom. The monoisotopic (exact) mass is 336 g/mol. The maximum Gasteiger partial charge on any atom is 0.128 e. The number of rotatable bonds is 7. The molecule has 116 valence electrons. The summed E-state index contributed by atoms with van der Waals surface area (Å²) in [6, 6.07) is 13.1. The van der Waals surface area contributed by atoms with Crippen molar-refractivity contribution in [2.24, 2.45) is 5.10 Å². The van der Waals surface area contributed by atoms with E-state index in [4.69, 9.17) is 27.9 Å². The van der Waals surface area contributed by atoms with Gasteiger partial charge < -0.3 is 10.2 Å². The molecule has 0 atom stereocenters. The van der Waals surface area contributed by atoms with Crippen LogP contribution in [0.4, 0.5) is 0 Å². The van der Waals surface area contributed by atoms with Gasteiger partial charge in [-0.15, -0.1) is 0 Å². The fourth-order valence-electron chi connectivity index (χ4n) is 1.82. The largest absolute Gasteiger partial charge is 0.493 e. The molecule has 0 radical (unpaired) electrons. The molecule has 0 aromatic heterocycles. The van der Waals surface area contributed by atoms with E-state index in [1.165, 1.54) is 0 Å². The Balaban J connectivity index is 1.96. The molecule has 0 saturated heterocycles. The van der Waals surface area contributed by atoms with Crippen LogP contribution in [-0.4, -0.2) is 12.8 Å².